The average molecular weight is 274 g/mol. The van der Waals surface area contributed by atoms with E-state index in [-0.39, 0.29) is 0 Å². The number of rotatable bonds is 2. The number of benzene rings is 1. The molecule has 1 aliphatic heterocycles. The highest BCUT2D eigenvalue weighted by Gasteiger charge is 2.35. The summed E-state index contributed by atoms with van der Waals surface area (Å²) in [6, 6.07) is 5.21. The monoisotopic (exact) mass is 274 g/mol. The predicted octanol–water partition coefficient (Wildman–Crippen LogP) is 2.32. The first-order valence-corrected chi connectivity index (χ1v) is 6.71. The van der Waals surface area contributed by atoms with Crippen molar-refractivity contribution in [2.75, 3.05) is 18.1 Å². The zero-order chi connectivity index (χ0) is 14.2. The van der Waals surface area contributed by atoms with Crippen LogP contribution in [0, 0.1) is 0 Å². The molecule has 0 saturated carbocycles. The van der Waals surface area contributed by atoms with Gasteiger partial charge >= 0.3 is 0 Å². The van der Waals surface area contributed by atoms with Gasteiger partial charge in [0.25, 0.3) is 5.89 Å². The molecule has 0 spiro atoms. The third-order valence-electron chi connectivity index (χ3n) is 3.59. The largest absolute Gasteiger partial charge is 0.399 e. The molecule has 2 aromatic rings. The van der Waals surface area contributed by atoms with Gasteiger partial charge in [0.05, 0.1) is 0 Å². The van der Waals surface area contributed by atoms with Crippen LogP contribution in [0.3, 0.4) is 0 Å². The van der Waals surface area contributed by atoms with Gasteiger partial charge in [0.15, 0.2) is 0 Å². The first kappa shape index (κ1) is 12.9. The van der Waals surface area contributed by atoms with E-state index in [4.69, 9.17) is 20.7 Å². The van der Waals surface area contributed by atoms with Gasteiger partial charge < -0.3 is 20.7 Å². The molecule has 1 unspecified atom stereocenters. The van der Waals surface area contributed by atoms with Crippen LogP contribution in [0.1, 0.15) is 32.0 Å². The van der Waals surface area contributed by atoms with Crippen LogP contribution >= 0.6 is 0 Å². The minimum absolute atomic E-state index is 0.411. The molecule has 1 fully saturated rings. The molecule has 106 valence electrons. The average Bonchev–Trinajstić information content (AvgIpc) is 2.89. The molecule has 0 amide bonds. The van der Waals surface area contributed by atoms with Gasteiger partial charge in [-0.1, -0.05) is 5.16 Å². The summed E-state index contributed by atoms with van der Waals surface area (Å²) >= 11 is 0. The normalized spacial score (nSPS) is 22.9. The Morgan fingerprint density at radius 3 is 2.55 bits per heavy atom. The van der Waals surface area contributed by atoms with Crippen LogP contribution in [0.4, 0.5) is 11.4 Å². The lowest BCUT2D eigenvalue weighted by molar-refractivity contribution is -0.0770. The van der Waals surface area contributed by atoms with E-state index in [0.717, 1.165) is 31.4 Å². The van der Waals surface area contributed by atoms with E-state index in [2.05, 4.69) is 10.1 Å². The van der Waals surface area contributed by atoms with Crippen molar-refractivity contribution in [1.29, 1.82) is 0 Å². The maximum atomic E-state index is 5.81. The smallest absolute Gasteiger partial charge is 0.258 e. The summed E-state index contributed by atoms with van der Waals surface area (Å²) in [5, 5.41) is 4.05. The first-order chi connectivity index (χ1) is 9.57. The Morgan fingerprint density at radius 1 is 1.15 bits per heavy atom. The topological polar surface area (TPSA) is 100 Å². The van der Waals surface area contributed by atoms with Crippen LogP contribution in [0.2, 0.25) is 0 Å². The molecule has 6 nitrogen and oxygen atoms in total. The third kappa shape index (κ3) is 2.34. The molecule has 20 heavy (non-hydrogen) atoms. The highest BCUT2D eigenvalue weighted by molar-refractivity contribution is 5.67. The molecule has 1 saturated heterocycles. The van der Waals surface area contributed by atoms with Crippen LogP contribution in [-0.2, 0) is 10.3 Å². The molecular weight excluding hydrogens is 256 g/mol. The molecular formula is C14H18N4O2. The lowest BCUT2D eigenvalue weighted by Gasteiger charge is -2.30. The summed E-state index contributed by atoms with van der Waals surface area (Å²) in [6.07, 6.45) is 3.07. The van der Waals surface area contributed by atoms with Gasteiger partial charge in [-0.05, 0) is 44.4 Å². The Morgan fingerprint density at radius 2 is 1.90 bits per heavy atom. The highest BCUT2D eigenvalue weighted by atomic mass is 16.5. The fourth-order valence-corrected chi connectivity index (χ4v) is 2.47. The second kappa shape index (κ2) is 4.79. The van der Waals surface area contributed by atoms with Crippen molar-refractivity contribution in [3.8, 4) is 11.5 Å². The highest BCUT2D eigenvalue weighted by Crippen LogP contribution is 2.34. The standard InChI is InChI=1S/C14H18N4O2/c1-14(4-2-3-5-19-14)13-17-12(20-18-13)9-6-10(15)8-11(16)7-9/h6-8H,2-5,15-16H2,1H3. The van der Waals surface area contributed by atoms with Gasteiger partial charge in [-0.2, -0.15) is 4.98 Å². The summed E-state index contributed by atoms with van der Waals surface area (Å²) in [4.78, 5) is 4.44. The number of aromatic nitrogens is 2. The number of ether oxygens (including phenoxy) is 1. The third-order valence-corrected chi connectivity index (χ3v) is 3.59. The SMILES string of the molecule is CC1(c2noc(-c3cc(N)cc(N)c3)n2)CCCCO1. The zero-order valence-corrected chi connectivity index (χ0v) is 11.4. The van der Waals surface area contributed by atoms with E-state index in [1.165, 1.54) is 0 Å². The van der Waals surface area contributed by atoms with Crippen LogP contribution in [0.5, 0.6) is 0 Å². The number of nitrogens with two attached hydrogens (primary N) is 2. The van der Waals surface area contributed by atoms with E-state index in [0.29, 0.717) is 23.1 Å². The zero-order valence-electron chi connectivity index (χ0n) is 11.4. The maximum absolute atomic E-state index is 5.81. The van der Waals surface area contributed by atoms with Crippen molar-refractivity contribution < 1.29 is 9.26 Å². The van der Waals surface area contributed by atoms with Gasteiger partial charge in [0.1, 0.15) is 5.60 Å². The van der Waals surface area contributed by atoms with Crippen LogP contribution in [0.25, 0.3) is 11.5 Å². The van der Waals surface area contributed by atoms with Gasteiger partial charge in [0, 0.05) is 23.5 Å². The minimum Gasteiger partial charge on any atom is -0.399 e. The summed E-state index contributed by atoms with van der Waals surface area (Å²) in [6.45, 7) is 2.72. The predicted molar refractivity (Wildman–Crippen MR) is 75.7 cm³/mol. The number of hydrogen-bond donors (Lipinski definition) is 2. The molecule has 1 aromatic heterocycles. The second-order valence-electron chi connectivity index (χ2n) is 5.35. The molecule has 6 heteroatoms. The molecule has 1 atom stereocenters. The van der Waals surface area contributed by atoms with Crippen LogP contribution < -0.4 is 11.5 Å². The van der Waals surface area contributed by atoms with E-state index in [9.17, 15) is 0 Å². The van der Waals surface area contributed by atoms with Crippen molar-refractivity contribution >= 4 is 11.4 Å². The van der Waals surface area contributed by atoms with Gasteiger partial charge in [0.2, 0.25) is 5.82 Å². The molecule has 0 bridgehead atoms. The van der Waals surface area contributed by atoms with E-state index >= 15 is 0 Å². The van der Waals surface area contributed by atoms with E-state index in [1.807, 2.05) is 6.92 Å². The van der Waals surface area contributed by atoms with Crippen LogP contribution in [0.15, 0.2) is 22.7 Å². The number of nitrogen functional groups attached to an aromatic ring is 2. The lowest BCUT2D eigenvalue weighted by atomic mass is 9.95. The molecule has 1 aliphatic rings. The Labute approximate surface area is 117 Å². The maximum Gasteiger partial charge on any atom is 0.258 e. The molecule has 3 rings (SSSR count). The molecule has 1 aromatic carbocycles. The van der Waals surface area contributed by atoms with Crippen molar-refractivity contribution in [3.05, 3.63) is 24.0 Å². The van der Waals surface area contributed by atoms with Crippen molar-refractivity contribution in [3.63, 3.8) is 0 Å². The van der Waals surface area contributed by atoms with Gasteiger partial charge in [-0.3, -0.25) is 0 Å². The molecule has 2 heterocycles. The van der Waals surface area contributed by atoms with Crippen LogP contribution in [-0.4, -0.2) is 16.7 Å². The van der Waals surface area contributed by atoms with Gasteiger partial charge in [-0.15, -0.1) is 0 Å². The summed E-state index contributed by atoms with van der Waals surface area (Å²) in [5.74, 6) is 0.989. The summed E-state index contributed by atoms with van der Waals surface area (Å²) < 4.78 is 11.1. The quantitative estimate of drug-likeness (QED) is 0.815. The Bertz CT molecular complexity index is 597. The lowest BCUT2D eigenvalue weighted by Crippen LogP contribution is -2.31. The number of hydrogen-bond acceptors (Lipinski definition) is 6. The van der Waals surface area contributed by atoms with Crippen molar-refractivity contribution in [1.82, 2.24) is 10.1 Å². The molecule has 4 N–H and O–H groups in total. The van der Waals surface area contributed by atoms with Crippen molar-refractivity contribution in [2.45, 2.75) is 31.8 Å². The van der Waals surface area contributed by atoms with Gasteiger partial charge in [-0.25, -0.2) is 0 Å². The van der Waals surface area contributed by atoms with Crippen molar-refractivity contribution in [2.24, 2.45) is 0 Å². The number of anilines is 2. The fourth-order valence-electron chi connectivity index (χ4n) is 2.47. The summed E-state index contributed by atoms with van der Waals surface area (Å²) in [7, 11) is 0. The Balaban J connectivity index is 1.93. The van der Waals surface area contributed by atoms with E-state index < -0.39 is 5.60 Å². The second-order valence-corrected chi connectivity index (χ2v) is 5.35. The summed E-state index contributed by atoms with van der Waals surface area (Å²) in [5.41, 5.74) is 13.0. The molecule has 0 aliphatic carbocycles. The fraction of sp³-hybridized carbons (Fsp3) is 0.429. The molecule has 0 radical (unpaired) electrons. The minimum atomic E-state index is -0.466. The number of nitrogens with zero attached hydrogens (tertiary/aromatic N) is 2. The Hall–Kier alpha value is -2.08. The Kier molecular flexibility index (Phi) is 3.10. The van der Waals surface area contributed by atoms with E-state index in [1.54, 1.807) is 18.2 Å². The first-order valence-electron chi connectivity index (χ1n) is 6.71.